The van der Waals surface area contributed by atoms with Gasteiger partial charge in [-0.25, -0.2) is 0 Å². The van der Waals surface area contributed by atoms with Crippen molar-refractivity contribution in [3.63, 3.8) is 0 Å². The summed E-state index contributed by atoms with van der Waals surface area (Å²) in [6, 6.07) is 0.0162. The predicted molar refractivity (Wildman–Crippen MR) is 47.2 cm³/mol. The molecule has 0 aliphatic carbocycles. The molecule has 0 aromatic rings. The Balaban J connectivity index is 2.65. The number of carbonyl (C=O) groups excluding carboxylic acids is 1. The number of nitrogens with two attached hydrogens (primary N) is 1. The van der Waals surface area contributed by atoms with Crippen LogP contribution in [0.2, 0.25) is 0 Å². The molecule has 0 aromatic heterocycles. The minimum atomic E-state index is 0.0162. The smallest absolute Gasteiger partial charge is 0.220 e. The lowest BCUT2D eigenvalue weighted by Gasteiger charge is -2.21. The fourth-order valence-electron chi connectivity index (χ4n) is 1.44. The molecule has 0 radical (unpaired) electrons. The number of nitrogens with zero attached hydrogens (tertiary/aromatic N) is 1. The van der Waals surface area contributed by atoms with E-state index in [1.54, 1.807) is 11.8 Å². The van der Waals surface area contributed by atoms with E-state index < -0.39 is 0 Å². The number of likely N-dealkylation sites (tertiary alicyclic amines) is 1. The Morgan fingerprint density at radius 1 is 1.73 bits per heavy atom. The van der Waals surface area contributed by atoms with Gasteiger partial charge >= 0.3 is 0 Å². The van der Waals surface area contributed by atoms with Gasteiger partial charge in [0.25, 0.3) is 0 Å². The van der Waals surface area contributed by atoms with E-state index >= 15 is 0 Å². The quantitative estimate of drug-likeness (QED) is 0.578. The Labute approximate surface area is 71.5 Å². The average molecular weight is 172 g/mol. The topological polar surface area (TPSA) is 46.3 Å². The van der Waals surface area contributed by atoms with Gasteiger partial charge in [0, 0.05) is 13.5 Å². The van der Waals surface area contributed by atoms with E-state index in [4.69, 9.17) is 18.0 Å². The van der Waals surface area contributed by atoms with Gasteiger partial charge in [-0.1, -0.05) is 12.2 Å². The van der Waals surface area contributed by atoms with Gasteiger partial charge in [0.05, 0.1) is 11.0 Å². The second-order valence-corrected chi connectivity index (χ2v) is 3.24. The molecule has 3 nitrogen and oxygen atoms in total. The van der Waals surface area contributed by atoms with Crippen molar-refractivity contribution in [3.8, 4) is 0 Å². The molecule has 1 heterocycles. The molecule has 1 fully saturated rings. The lowest BCUT2D eigenvalue weighted by atomic mass is 10.2. The van der Waals surface area contributed by atoms with E-state index in [-0.39, 0.29) is 11.9 Å². The highest BCUT2D eigenvalue weighted by Crippen LogP contribution is 2.16. The van der Waals surface area contributed by atoms with Gasteiger partial charge < -0.3 is 10.6 Å². The first-order valence-corrected chi connectivity index (χ1v) is 4.10. The summed E-state index contributed by atoms with van der Waals surface area (Å²) in [4.78, 5) is 13.2. The maximum absolute atomic E-state index is 11.0. The van der Waals surface area contributed by atoms with E-state index in [1.165, 1.54) is 0 Å². The van der Waals surface area contributed by atoms with Crippen molar-refractivity contribution >= 4 is 23.1 Å². The molecular weight excluding hydrogens is 160 g/mol. The van der Waals surface area contributed by atoms with Gasteiger partial charge in [-0.05, 0) is 12.8 Å². The third-order valence-electron chi connectivity index (χ3n) is 1.99. The monoisotopic (exact) mass is 172 g/mol. The van der Waals surface area contributed by atoms with E-state index in [1.807, 2.05) is 0 Å². The summed E-state index contributed by atoms with van der Waals surface area (Å²) in [7, 11) is 0. The van der Waals surface area contributed by atoms with Crippen molar-refractivity contribution in [3.05, 3.63) is 0 Å². The maximum Gasteiger partial charge on any atom is 0.220 e. The average Bonchev–Trinajstić information content (AvgIpc) is 2.32. The highest BCUT2D eigenvalue weighted by molar-refractivity contribution is 7.80. The lowest BCUT2D eigenvalue weighted by Crippen LogP contribution is -2.41. The van der Waals surface area contributed by atoms with E-state index in [9.17, 15) is 4.79 Å². The highest BCUT2D eigenvalue weighted by Gasteiger charge is 2.27. The van der Waals surface area contributed by atoms with Crippen LogP contribution in [0.3, 0.4) is 0 Å². The number of carbonyl (C=O) groups is 1. The zero-order valence-corrected chi connectivity index (χ0v) is 7.36. The maximum atomic E-state index is 11.0. The summed E-state index contributed by atoms with van der Waals surface area (Å²) in [5, 5.41) is 0. The standard InChI is InChI=1S/C7H12N2OS/c1-5(10)9-4-2-3-6(9)7(8)11/h6H,2-4H2,1H3,(H2,8,11). The van der Waals surface area contributed by atoms with E-state index in [2.05, 4.69) is 0 Å². The summed E-state index contributed by atoms with van der Waals surface area (Å²) < 4.78 is 0. The molecule has 0 aromatic carbocycles. The molecule has 1 aliphatic rings. The number of rotatable bonds is 1. The zero-order valence-electron chi connectivity index (χ0n) is 6.54. The molecule has 1 atom stereocenters. The van der Waals surface area contributed by atoms with Crippen LogP contribution in [0.15, 0.2) is 0 Å². The normalized spacial score (nSPS) is 23.7. The zero-order chi connectivity index (χ0) is 8.43. The summed E-state index contributed by atoms with van der Waals surface area (Å²) in [6.07, 6.45) is 1.94. The minimum absolute atomic E-state index is 0.0162. The first kappa shape index (κ1) is 8.46. The third kappa shape index (κ3) is 1.68. The minimum Gasteiger partial charge on any atom is -0.392 e. The van der Waals surface area contributed by atoms with Crippen LogP contribution < -0.4 is 5.73 Å². The molecular formula is C7H12N2OS. The van der Waals surface area contributed by atoms with Crippen LogP contribution in [0.25, 0.3) is 0 Å². The first-order chi connectivity index (χ1) is 5.13. The number of hydrogen-bond donors (Lipinski definition) is 1. The molecule has 1 aliphatic heterocycles. The fourth-order valence-corrected chi connectivity index (χ4v) is 1.68. The van der Waals surface area contributed by atoms with Crippen LogP contribution in [0, 0.1) is 0 Å². The molecule has 1 unspecified atom stereocenters. The van der Waals surface area contributed by atoms with Crippen LogP contribution in [-0.4, -0.2) is 28.4 Å². The van der Waals surface area contributed by atoms with Gasteiger partial charge in [0.1, 0.15) is 0 Å². The number of thiocarbonyl (C=S) groups is 1. The SMILES string of the molecule is CC(=O)N1CCCC1C(N)=S. The number of amides is 1. The highest BCUT2D eigenvalue weighted by atomic mass is 32.1. The second-order valence-electron chi connectivity index (χ2n) is 2.77. The summed E-state index contributed by atoms with van der Waals surface area (Å²) >= 11 is 4.84. The van der Waals surface area contributed by atoms with Crippen molar-refractivity contribution in [1.82, 2.24) is 4.90 Å². The predicted octanol–water partition coefficient (Wildman–Crippen LogP) is 0.283. The van der Waals surface area contributed by atoms with Crippen molar-refractivity contribution in [1.29, 1.82) is 0 Å². The van der Waals surface area contributed by atoms with Gasteiger partial charge in [0.15, 0.2) is 0 Å². The summed E-state index contributed by atoms with van der Waals surface area (Å²) in [5.41, 5.74) is 5.46. The van der Waals surface area contributed by atoms with Gasteiger partial charge in [0.2, 0.25) is 5.91 Å². The van der Waals surface area contributed by atoms with Crippen LogP contribution in [-0.2, 0) is 4.79 Å². The molecule has 1 amide bonds. The molecule has 2 N–H and O–H groups in total. The molecule has 11 heavy (non-hydrogen) atoms. The summed E-state index contributed by atoms with van der Waals surface area (Å²) in [5.74, 6) is 0.0697. The molecule has 0 bridgehead atoms. The molecule has 1 saturated heterocycles. The van der Waals surface area contributed by atoms with Gasteiger partial charge in [-0.15, -0.1) is 0 Å². The van der Waals surface area contributed by atoms with E-state index in [0.29, 0.717) is 4.99 Å². The Bertz CT molecular complexity index is 173. The Kier molecular flexibility index (Phi) is 2.44. The van der Waals surface area contributed by atoms with E-state index in [0.717, 1.165) is 19.4 Å². The Hall–Kier alpha value is -0.640. The van der Waals surface area contributed by atoms with Gasteiger partial charge in [-0.2, -0.15) is 0 Å². The molecule has 0 saturated carbocycles. The van der Waals surface area contributed by atoms with Crippen molar-refractivity contribution in [2.75, 3.05) is 6.54 Å². The largest absolute Gasteiger partial charge is 0.392 e. The Morgan fingerprint density at radius 3 is 2.73 bits per heavy atom. The van der Waals surface area contributed by atoms with Crippen molar-refractivity contribution < 1.29 is 4.79 Å². The fraction of sp³-hybridized carbons (Fsp3) is 0.714. The van der Waals surface area contributed by atoms with Crippen LogP contribution in [0.4, 0.5) is 0 Å². The van der Waals surface area contributed by atoms with Gasteiger partial charge in [-0.3, -0.25) is 4.79 Å². The molecule has 1 rings (SSSR count). The van der Waals surface area contributed by atoms with Crippen LogP contribution in [0.5, 0.6) is 0 Å². The molecule has 4 heteroatoms. The Morgan fingerprint density at radius 2 is 2.36 bits per heavy atom. The summed E-state index contributed by atoms with van der Waals surface area (Å²) in [6.45, 7) is 2.36. The van der Waals surface area contributed by atoms with Crippen molar-refractivity contribution in [2.24, 2.45) is 5.73 Å². The molecule has 62 valence electrons. The lowest BCUT2D eigenvalue weighted by molar-refractivity contribution is -0.128. The van der Waals surface area contributed by atoms with Crippen LogP contribution >= 0.6 is 12.2 Å². The third-order valence-corrected chi connectivity index (χ3v) is 2.26. The first-order valence-electron chi connectivity index (χ1n) is 3.69. The molecule has 0 spiro atoms. The van der Waals surface area contributed by atoms with Crippen LogP contribution in [0.1, 0.15) is 19.8 Å². The van der Waals surface area contributed by atoms with Crippen molar-refractivity contribution in [2.45, 2.75) is 25.8 Å². The number of hydrogen-bond acceptors (Lipinski definition) is 2. The second kappa shape index (κ2) is 3.17.